The summed E-state index contributed by atoms with van der Waals surface area (Å²) in [5.74, 6) is 0.933. The molecule has 106 valence electrons. The average molecular weight is 263 g/mol. The van der Waals surface area contributed by atoms with Crippen molar-refractivity contribution in [2.24, 2.45) is 11.1 Å². The molecule has 0 radical (unpaired) electrons. The minimum Gasteiger partial charge on any atom is -0.507 e. The highest BCUT2D eigenvalue weighted by molar-refractivity contribution is 6.02. The lowest BCUT2D eigenvalue weighted by Crippen LogP contribution is -2.02. The highest BCUT2D eigenvalue weighted by atomic mass is 16.4. The largest absolute Gasteiger partial charge is 0.507 e. The molecule has 1 aromatic rings. The highest BCUT2D eigenvalue weighted by Gasteiger charge is 2.09. The first-order valence-electron chi connectivity index (χ1n) is 7.05. The summed E-state index contributed by atoms with van der Waals surface area (Å²) in [6, 6.07) is 5.42. The summed E-state index contributed by atoms with van der Waals surface area (Å²) in [5.41, 5.74) is 2.20. The molecule has 0 unspecified atom stereocenters. The summed E-state index contributed by atoms with van der Waals surface area (Å²) in [6.45, 7) is 6.38. The van der Waals surface area contributed by atoms with Crippen LogP contribution in [0.3, 0.4) is 0 Å². The van der Waals surface area contributed by atoms with Gasteiger partial charge in [0.1, 0.15) is 5.75 Å². The van der Waals surface area contributed by atoms with Crippen molar-refractivity contribution in [1.29, 1.82) is 0 Å². The molecule has 0 bridgehead atoms. The fourth-order valence-corrected chi connectivity index (χ4v) is 2.15. The Balaban J connectivity index is 2.50. The monoisotopic (exact) mass is 263 g/mol. The standard InChI is InChI=1S/C16H25NO2/c1-12(2)7-5-4-6-8-15(17-19)14-10-9-13(3)11-16(14)18/h9-12,18-19H,4-8H2,1-3H3. The van der Waals surface area contributed by atoms with Crippen molar-refractivity contribution in [3.8, 4) is 5.75 Å². The molecule has 0 amide bonds. The summed E-state index contributed by atoms with van der Waals surface area (Å²) in [5, 5.41) is 22.3. The number of nitrogens with zero attached hydrogens (tertiary/aromatic N) is 1. The second-order valence-electron chi connectivity index (χ2n) is 5.56. The van der Waals surface area contributed by atoms with Crippen LogP contribution in [0.2, 0.25) is 0 Å². The molecule has 1 aromatic carbocycles. The van der Waals surface area contributed by atoms with E-state index in [1.54, 1.807) is 6.07 Å². The van der Waals surface area contributed by atoms with Crippen LogP contribution in [-0.4, -0.2) is 16.0 Å². The lowest BCUT2D eigenvalue weighted by atomic mass is 9.99. The number of phenols is 1. The van der Waals surface area contributed by atoms with Crippen LogP contribution in [0.4, 0.5) is 0 Å². The number of phenolic OH excluding ortho intramolecular Hbond substituents is 1. The molecule has 0 aliphatic rings. The van der Waals surface area contributed by atoms with Gasteiger partial charge in [-0.05, 0) is 43.4 Å². The first-order valence-corrected chi connectivity index (χ1v) is 7.05. The van der Waals surface area contributed by atoms with E-state index in [-0.39, 0.29) is 5.75 Å². The number of hydrogen-bond donors (Lipinski definition) is 2. The van der Waals surface area contributed by atoms with Gasteiger partial charge in [-0.2, -0.15) is 0 Å². The molecule has 0 atom stereocenters. The van der Waals surface area contributed by atoms with Gasteiger partial charge in [-0.25, -0.2) is 0 Å². The van der Waals surface area contributed by atoms with Crippen LogP contribution in [-0.2, 0) is 0 Å². The summed E-state index contributed by atoms with van der Waals surface area (Å²) in [7, 11) is 0. The molecule has 0 aromatic heterocycles. The first-order chi connectivity index (χ1) is 9.04. The van der Waals surface area contributed by atoms with Crippen LogP contribution in [0, 0.1) is 12.8 Å². The van der Waals surface area contributed by atoms with E-state index in [4.69, 9.17) is 5.21 Å². The molecular formula is C16H25NO2. The number of oxime groups is 1. The molecule has 3 heteroatoms. The zero-order valence-electron chi connectivity index (χ0n) is 12.2. The van der Waals surface area contributed by atoms with Crippen LogP contribution in [0.5, 0.6) is 5.75 Å². The van der Waals surface area contributed by atoms with Gasteiger partial charge in [0.05, 0.1) is 5.71 Å². The van der Waals surface area contributed by atoms with Crippen molar-refractivity contribution in [1.82, 2.24) is 0 Å². The van der Waals surface area contributed by atoms with Crippen molar-refractivity contribution >= 4 is 5.71 Å². The van der Waals surface area contributed by atoms with Gasteiger partial charge in [0.15, 0.2) is 0 Å². The maximum absolute atomic E-state index is 9.88. The molecule has 0 aliphatic heterocycles. The molecule has 19 heavy (non-hydrogen) atoms. The van der Waals surface area contributed by atoms with Gasteiger partial charge in [-0.1, -0.05) is 44.3 Å². The Bertz CT molecular complexity index is 425. The van der Waals surface area contributed by atoms with Crippen molar-refractivity contribution in [2.45, 2.75) is 52.9 Å². The molecule has 1 rings (SSSR count). The summed E-state index contributed by atoms with van der Waals surface area (Å²) in [6.07, 6.45) is 5.26. The van der Waals surface area contributed by atoms with Crippen LogP contribution in [0.15, 0.2) is 23.4 Å². The second-order valence-corrected chi connectivity index (χ2v) is 5.56. The van der Waals surface area contributed by atoms with Crippen LogP contribution < -0.4 is 0 Å². The molecular weight excluding hydrogens is 238 g/mol. The maximum Gasteiger partial charge on any atom is 0.125 e. The summed E-state index contributed by atoms with van der Waals surface area (Å²) in [4.78, 5) is 0. The molecule has 0 aliphatic carbocycles. The quantitative estimate of drug-likeness (QED) is 0.330. The Morgan fingerprint density at radius 1 is 1.21 bits per heavy atom. The zero-order valence-corrected chi connectivity index (χ0v) is 12.2. The van der Waals surface area contributed by atoms with Crippen LogP contribution >= 0.6 is 0 Å². The van der Waals surface area contributed by atoms with E-state index in [0.717, 1.165) is 24.3 Å². The van der Waals surface area contributed by atoms with Crippen molar-refractivity contribution in [3.05, 3.63) is 29.3 Å². The fraction of sp³-hybridized carbons (Fsp3) is 0.562. The van der Waals surface area contributed by atoms with Gasteiger partial charge >= 0.3 is 0 Å². The smallest absolute Gasteiger partial charge is 0.125 e. The third kappa shape index (κ3) is 5.33. The van der Waals surface area contributed by atoms with Gasteiger partial charge in [0.2, 0.25) is 0 Å². The van der Waals surface area contributed by atoms with Gasteiger partial charge in [0.25, 0.3) is 0 Å². The summed E-state index contributed by atoms with van der Waals surface area (Å²) < 4.78 is 0. The Morgan fingerprint density at radius 3 is 2.53 bits per heavy atom. The number of aryl methyl sites for hydroxylation is 1. The minimum atomic E-state index is 0.190. The lowest BCUT2D eigenvalue weighted by molar-refractivity contribution is 0.317. The van der Waals surface area contributed by atoms with Gasteiger partial charge in [-0.3, -0.25) is 0 Å². The number of hydrogen-bond acceptors (Lipinski definition) is 3. The third-order valence-corrected chi connectivity index (χ3v) is 3.28. The van der Waals surface area contributed by atoms with Crippen molar-refractivity contribution in [3.63, 3.8) is 0 Å². The number of benzene rings is 1. The van der Waals surface area contributed by atoms with Gasteiger partial charge in [0, 0.05) is 5.56 Å². The zero-order chi connectivity index (χ0) is 14.3. The van der Waals surface area contributed by atoms with Crippen molar-refractivity contribution < 1.29 is 10.3 Å². The van der Waals surface area contributed by atoms with E-state index in [2.05, 4.69) is 19.0 Å². The van der Waals surface area contributed by atoms with Gasteiger partial charge < -0.3 is 10.3 Å². The van der Waals surface area contributed by atoms with E-state index in [1.165, 1.54) is 12.8 Å². The second kappa shape index (κ2) is 7.82. The van der Waals surface area contributed by atoms with E-state index in [0.29, 0.717) is 17.7 Å². The number of aromatic hydroxyl groups is 1. The van der Waals surface area contributed by atoms with Crippen LogP contribution in [0.25, 0.3) is 0 Å². The summed E-state index contributed by atoms with van der Waals surface area (Å²) >= 11 is 0. The van der Waals surface area contributed by atoms with E-state index in [9.17, 15) is 5.11 Å². The SMILES string of the molecule is Cc1ccc(C(CCCCCC(C)C)=NO)c(O)c1. The van der Waals surface area contributed by atoms with E-state index in [1.807, 2.05) is 19.1 Å². The molecule has 0 fully saturated rings. The van der Waals surface area contributed by atoms with Gasteiger partial charge in [-0.15, -0.1) is 0 Å². The lowest BCUT2D eigenvalue weighted by Gasteiger charge is -2.08. The molecule has 2 N–H and O–H groups in total. The molecule has 0 spiro atoms. The minimum absolute atomic E-state index is 0.190. The van der Waals surface area contributed by atoms with Crippen molar-refractivity contribution in [2.75, 3.05) is 0 Å². The fourth-order valence-electron chi connectivity index (χ4n) is 2.15. The Kier molecular flexibility index (Phi) is 6.40. The Labute approximate surface area is 116 Å². The average Bonchev–Trinajstić information content (AvgIpc) is 2.34. The van der Waals surface area contributed by atoms with E-state index < -0.39 is 0 Å². The highest BCUT2D eigenvalue weighted by Crippen LogP contribution is 2.22. The van der Waals surface area contributed by atoms with E-state index >= 15 is 0 Å². The Hall–Kier alpha value is -1.51. The topological polar surface area (TPSA) is 52.8 Å². The molecule has 0 saturated heterocycles. The van der Waals surface area contributed by atoms with Crippen LogP contribution in [0.1, 0.15) is 57.1 Å². The number of unbranched alkanes of at least 4 members (excludes halogenated alkanes) is 2. The third-order valence-electron chi connectivity index (χ3n) is 3.28. The molecule has 0 saturated carbocycles. The predicted molar refractivity (Wildman–Crippen MR) is 79.1 cm³/mol. The molecule has 0 heterocycles. The first kappa shape index (κ1) is 15.5. The molecule has 3 nitrogen and oxygen atoms in total. The maximum atomic E-state index is 9.88. The normalized spacial score (nSPS) is 12.1. The predicted octanol–water partition coefficient (Wildman–Crippen LogP) is 4.49. The Morgan fingerprint density at radius 2 is 1.95 bits per heavy atom. The number of rotatable bonds is 7.